The van der Waals surface area contributed by atoms with Crippen molar-refractivity contribution in [2.24, 2.45) is 0 Å². The van der Waals surface area contributed by atoms with Gasteiger partial charge in [0.05, 0.1) is 19.0 Å². The Hall–Kier alpha value is -1.85. The molecular weight excluding hydrogens is 210 g/mol. The number of hydrogen-bond donors (Lipinski definition) is 3. The highest BCUT2D eigenvalue weighted by Crippen LogP contribution is 2.03. The monoisotopic (exact) mass is 225 g/mol. The van der Waals surface area contributed by atoms with Gasteiger partial charge in [0.1, 0.15) is 0 Å². The van der Waals surface area contributed by atoms with Gasteiger partial charge in [-0.3, -0.25) is 14.7 Å². The van der Waals surface area contributed by atoms with Crippen LogP contribution in [0.25, 0.3) is 0 Å². The molecule has 0 fully saturated rings. The van der Waals surface area contributed by atoms with Crippen molar-refractivity contribution in [3.8, 4) is 0 Å². The van der Waals surface area contributed by atoms with Crippen LogP contribution in [-0.4, -0.2) is 33.2 Å². The number of H-pyrrole nitrogens is 1. The number of carboxylic acids is 1. The van der Waals surface area contributed by atoms with Crippen molar-refractivity contribution in [1.82, 2.24) is 15.5 Å². The molecule has 0 radical (unpaired) electrons. The topological polar surface area (TPSA) is 95.1 Å². The van der Waals surface area contributed by atoms with Crippen molar-refractivity contribution in [3.63, 3.8) is 0 Å². The van der Waals surface area contributed by atoms with E-state index < -0.39 is 5.97 Å². The van der Waals surface area contributed by atoms with Gasteiger partial charge >= 0.3 is 5.97 Å². The SMILES string of the molecule is Cc1[nH]ncc1CC(=O)NC(C)CC(=O)O. The molecular formula is C10H15N3O3. The van der Waals surface area contributed by atoms with Gasteiger partial charge in [0, 0.05) is 17.3 Å². The first-order valence-electron chi connectivity index (χ1n) is 4.99. The van der Waals surface area contributed by atoms with Gasteiger partial charge < -0.3 is 10.4 Å². The van der Waals surface area contributed by atoms with E-state index in [0.717, 1.165) is 11.3 Å². The second kappa shape index (κ2) is 5.29. The Morgan fingerprint density at radius 2 is 2.31 bits per heavy atom. The molecule has 0 spiro atoms. The van der Waals surface area contributed by atoms with Crippen LogP contribution < -0.4 is 5.32 Å². The molecule has 1 aromatic heterocycles. The number of nitrogens with one attached hydrogen (secondary N) is 2. The number of carbonyl (C=O) groups is 2. The quantitative estimate of drug-likeness (QED) is 0.669. The van der Waals surface area contributed by atoms with Crippen molar-refractivity contribution in [1.29, 1.82) is 0 Å². The van der Waals surface area contributed by atoms with Crippen molar-refractivity contribution >= 4 is 11.9 Å². The summed E-state index contributed by atoms with van der Waals surface area (Å²) in [7, 11) is 0. The molecule has 1 atom stereocenters. The summed E-state index contributed by atoms with van der Waals surface area (Å²) in [6, 6.07) is -0.364. The number of aromatic amines is 1. The molecule has 0 bridgehead atoms. The zero-order valence-electron chi connectivity index (χ0n) is 9.28. The van der Waals surface area contributed by atoms with Gasteiger partial charge in [-0.1, -0.05) is 0 Å². The average molecular weight is 225 g/mol. The van der Waals surface area contributed by atoms with E-state index in [4.69, 9.17) is 5.11 Å². The van der Waals surface area contributed by atoms with Crippen LogP contribution in [0.4, 0.5) is 0 Å². The fraction of sp³-hybridized carbons (Fsp3) is 0.500. The van der Waals surface area contributed by atoms with Crippen molar-refractivity contribution in [3.05, 3.63) is 17.5 Å². The summed E-state index contributed by atoms with van der Waals surface area (Å²) >= 11 is 0. The van der Waals surface area contributed by atoms with Gasteiger partial charge in [-0.2, -0.15) is 5.10 Å². The van der Waals surface area contributed by atoms with E-state index in [1.807, 2.05) is 6.92 Å². The second-order valence-electron chi connectivity index (χ2n) is 3.76. The highest BCUT2D eigenvalue weighted by molar-refractivity contribution is 5.79. The van der Waals surface area contributed by atoms with Crippen LogP contribution in [0.2, 0.25) is 0 Å². The van der Waals surface area contributed by atoms with Crippen LogP contribution in [0.15, 0.2) is 6.20 Å². The zero-order valence-corrected chi connectivity index (χ0v) is 9.28. The van der Waals surface area contributed by atoms with Crippen LogP contribution in [0, 0.1) is 6.92 Å². The number of aryl methyl sites for hydroxylation is 1. The Labute approximate surface area is 93.1 Å². The number of carbonyl (C=O) groups excluding carboxylic acids is 1. The third kappa shape index (κ3) is 3.72. The molecule has 1 rings (SSSR count). The lowest BCUT2D eigenvalue weighted by Gasteiger charge is -2.10. The summed E-state index contributed by atoms with van der Waals surface area (Å²) in [5.74, 6) is -1.12. The first-order valence-corrected chi connectivity index (χ1v) is 4.99. The number of aliphatic carboxylic acids is 1. The highest BCUT2D eigenvalue weighted by atomic mass is 16.4. The molecule has 0 aliphatic carbocycles. The summed E-state index contributed by atoms with van der Waals surface area (Å²) in [6.07, 6.45) is 1.74. The van der Waals surface area contributed by atoms with Crippen LogP contribution in [0.1, 0.15) is 24.6 Å². The smallest absolute Gasteiger partial charge is 0.305 e. The van der Waals surface area contributed by atoms with Crippen LogP contribution in [0.3, 0.4) is 0 Å². The normalized spacial score (nSPS) is 12.1. The number of nitrogens with zero attached hydrogens (tertiary/aromatic N) is 1. The molecule has 1 aromatic rings. The number of carboxylic acid groups (broad SMARTS) is 1. The Morgan fingerprint density at radius 1 is 1.62 bits per heavy atom. The zero-order chi connectivity index (χ0) is 12.1. The predicted molar refractivity (Wildman–Crippen MR) is 56.9 cm³/mol. The molecule has 6 nitrogen and oxygen atoms in total. The first kappa shape index (κ1) is 12.2. The minimum Gasteiger partial charge on any atom is -0.481 e. The lowest BCUT2D eigenvalue weighted by Crippen LogP contribution is -2.35. The van der Waals surface area contributed by atoms with Crippen molar-refractivity contribution in [2.75, 3.05) is 0 Å². The van der Waals surface area contributed by atoms with Gasteiger partial charge in [-0.25, -0.2) is 0 Å². The fourth-order valence-corrected chi connectivity index (χ4v) is 1.37. The van der Waals surface area contributed by atoms with Crippen molar-refractivity contribution < 1.29 is 14.7 Å². The Morgan fingerprint density at radius 3 is 2.81 bits per heavy atom. The van der Waals surface area contributed by atoms with Crippen molar-refractivity contribution in [2.45, 2.75) is 32.7 Å². The lowest BCUT2D eigenvalue weighted by atomic mass is 10.1. The lowest BCUT2D eigenvalue weighted by molar-refractivity contribution is -0.137. The van der Waals surface area contributed by atoms with E-state index in [1.54, 1.807) is 13.1 Å². The first-order chi connectivity index (χ1) is 7.49. The Balaban J connectivity index is 2.42. The van der Waals surface area contributed by atoms with Gasteiger partial charge in [0.15, 0.2) is 0 Å². The van der Waals surface area contributed by atoms with E-state index >= 15 is 0 Å². The summed E-state index contributed by atoms with van der Waals surface area (Å²) in [4.78, 5) is 21.9. The van der Waals surface area contributed by atoms with Gasteiger partial charge in [-0.05, 0) is 13.8 Å². The maximum Gasteiger partial charge on any atom is 0.305 e. The largest absolute Gasteiger partial charge is 0.481 e. The molecule has 0 aromatic carbocycles. The number of rotatable bonds is 5. The molecule has 0 saturated heterocycles. The maximum absolute atomic E-state index is 11.5. The van der Waals surface area contributed by atoms with E-state index in [1.165, 1.54) is 0 Å². The molecule has 0 aliphatic heterocycles. The average Bonchev–Trinajstić information content (AvgIpc) is 2.49. The highest BCUT2D eigenvalue weighted by Gasteiger charge is 2.12. The summed E-state index contributed by atoms with van der Waals surface area (Å²) in [5.41, 5.74) is 1.67. The molecule has 1 heterocycles. The molecule has 6 heteroatoms. The van der Waals surface area contributed by atoms with Crippen LogP contribution in [-0.2, 0) is 16.0 Å². The molecule has 1 amide bonds. The molecule has 88 valence electrons. The molecule has 1 unspecified atom stereocenters. The molecule has 0 aliphatic rings. The second-order valence-corrected chi connectivity index (χ2v) is 3.76. The number of aromatic nitrogens is 2. The van der Waals surface area contributed by atoms with Gasteiger partial charge in [0.25, 0.3) is 0 Å². The van der Waals surface area contributed by atoms with E-state index in [0.29, 0.717) is 0 Å². The fourth-order valence-electron chi connectivity index (χ4n) is 1.37. The summed E-state index contributed by atoms with van der Waals surface area (Å²) in [6.45, 7) is 3.49. The predicted octanol–water partition coefficient (Wildman–Crippen LogP) is 0.240. The molecule has 0 saturated carbocycles. The molecule has 16 heavy (non-hydrogen) atoms. The Kier molecular flexibility index (Phi) is 4.04. The minimum absolute atomic E-state index is 0.0733. The van der Waals surface area contributed by atoms with Crippen LogP contribution >= 0.6 is 0 Å². The third-order valence-electron chi connectivity index (χ3n) is 2.17. The molecule has 3 N–H and O–H groups in total. The Bertz CT molecular complexity index is 386. The van der Waals surface area contributed by atoms with E-state index in [2.05, 4.69) is 15.5 Å². The van der Waals surface area contributed by atoms with Gasteiger partial charge in [0.2, 0.25) is 5.91 Å². The van der Waals surface area contributed by atoms with E-state index in [-0.39, 0.29) is 24.8 Å². The third-order valence-corrected chi connectivity index (χ3v) is 2.17. The standard InChI is InChI=1S/C10H15N3O3/c1-6(3-10(15)16)12-9(14)4-8-5-11-13-7(8)2/h5-6H,3-4H2,1-2H3,(H,11,13)(H,12,14)(H,15,16). The summed E-state index contributed by atoms with van der Waals surface area (Å²) < 4.78 is 0. The number of hydrogen-bond acceptors (Lipinski definition) is 3. The van der Waals surface area contributed by atoms with Gasteiger partial charge in [-0.15, -0.1) is 0 Å². The van der Waals surface area contributed by atoms with Crippen LogP contribution in [0.5, 0.6) is 0 Å². The van der Waals surface area contributed by atoms with E-state index in [9.17, 15) is 9.59 Å². The summed E-state index contributed by atoms with van der Waals surface area (Å²) in [5, 5.41) is 17.7. The minimum atomic E-state index is -0.924. The number of amides is 1. The maximum atomic E-state index is 11.5.